The smallest absolute Gasteiger partial charge is 0.267 e. The van der Waals surface area contributed by atoms with Crippen LogP contribution in [-0.4, -0.2) is 26.9 Å². The summed E-state index contributed by atoms with van der Waals surface area (Å²) in [4.78, 5) is 23.9. The van der Waals surface area contributed by atoms with E-state index >= 15 is 0 Å². The first-order valence-corrected chi connectivity index (χ1v) is 9.01. The molecule has 2 aromatic heterocycles. The van der Waals surface area contributed by atoms with E-state index in [9.17, 15) is 4.79 Å². The SMILES string of the molecule is O=C(NC1C2CC3CC(C2)CC1C3)c1cc(-c2cncnc2)c[nH]1. The standard InChI is InChI=1S/C19H22N4O/c24-19(17-6-15(9-22-17)16-7-20-10-21-8-16)23-18-13-2-11-1-12(4-13)5-14(18)3-11/h6-14,18,22H,1-5H2,(H,23,24). The molecule has 4 saturated carbocycles. The van der Waals surface area contributed by atoms with Crippen molar-refractivity contribution < 1.29 is 4.79 Å². The summed E-state index contributed by atoms with van der Waals surface area (Å²) in [5, 5.41) is 3.34. The van der Waals surface area contributed by atoms with Crippen LogP contribution in [0.1, 0.15) is 42.6 Å². The Bertz CT molecular complexity index is 726. The van der Waals surface area contributed by atoms with Gasteiger partial charge in [-0.25, -0.2) is 9.97 Å². The summed E-state index contributed by atoms with van der Waals surface area (Å²) in [7, 11) is 0. The summed E-state index contributed by atoms with van der Waals surface area (Å²) in [6.07, 6.45) is 13.6. The number of H-pyrrole nitrogens is 1. The molecular formula is C19H22N4O. The van der Waals surface area contributed by atoms with Gasteiger partial charge in [0.15, 0.2) is 0 Å². The van der Waals surface area contributed by atoms with Gasteiger partial charge < -0.3 is 10.3 Å². The van der Waals surface area contributed by atoms with Gasteiger partial charge in [0, 0.05) is 35.8 Å². The van der Waals surface area contributed by atoms with E-state index < -0.39 is 0 Å². The lowest BCUT2D eigenvalue weighted by molar-refractivity contribution is -0.0120. The van der Waals surface area contributed by atoms with E-state index in [-0.39, 0.29) is 5.91 Å². The predicted molar refractivity (Wildman–Crippen MR) is 90.1 cm³/mol. The van der Waals surface area contributed by atoms with Crippen LogP contribution < -0.4 is 5.32 Å². The summed E-state index contributed by atoms with van der Waals surface area (Å²) in [6.45, 7) is 0. The van der Waals surface area contributed by atoms with Crippen molar-refractivity contribution in [1.29, 1.82) is 0 Å². The third kappa shape index (κ3) is 2.34. The van der Waals surface area contributed by atoms with Crippen LogP contribution in [0.2, 0.25) is 0 Å². The van der Waals surface area contributed by atoms with Crippen molar-refractivity contribution in [2.75, 3.05) is 0 Å². The Morgan fingerprint density at radius 2 is 1.67 bits per heavy atom. The quantitative estimate of drug-likeness (QED) is 0.912. The average molecular weight is 322 g/mol. The Labute approximate surface area is 141 Å². The van der Waals surface area contributed by atoms with E-state index in [1.807, 2.05) is 12.3 Å². The molecule has 4 aliphatic carbocycles. The fourth-order valence-corrected chi connectivity index (χ4v) is 5.53. The molecule has 2 heterocycles. The van der Waals surface area contributed by atoms with Crippen molar-refractivity contribution in [2.45, 2.75) is 38.1 Å². The molecule has 0 aliphatic heterocycles. The highest BCUT2D eigenvalue weighted by atomic mass is 16.1. The summed E-state index contributed by atoms with van der Waals surface area (Å²) in [5.74, 6) is 3.27. The van der Waals surface area contributed by atoms with E-state index in [1.54, 1.807) is 12.4 Å². The van der Waals surface area contributed by atoms with Crippen molar-refractivity contribution in [3.63, 3.8) is 0 Å². The van der Waals surface area contributed by atoms with Crippen LogP contribution in [0.5, 0.6) is 0 Å². The summed E-state index contributed by atoms with van der Waals surface area (Å²) in [5.41, 5.74) is 2.50. The number of nitrogens with one attached hydrogen (secondary N) is 2. The molecule has 4 bridgehead atoms. The van der Waals surface area contributed by atoms with Crippen molar-refractivity contribution in [3.8, 4) is 11.1 Å². The third-order valence-electron chi connectivity index (χ3n) is 6.35. The molecule has 4 fully saturated rings. The number of amides is 1. The van der Waals surface area contributed by atoms with Crippen LogP contribution in [0.3, 0.4) is 0 Å². The minimum atomic E-state index is 0.0237. The van der Waals surface area contributed by atoms with Crippen LogP contribution in [0.25, 0.3) is 11.1 Å². The number of hydrogen-bond donors (Lipinski definition) is 2. The fourth-order valence-electron chi connectivity index (χ4n) is 5.53. The molecule has 1 amide bonds. The third-order valence-corrected chi connectivity index (χ3v) is 6.35. The maximum Gasteiger partial charge on any atom is 0.267 e. The molecule has 0 aromatic carbocycles. The van der Waals surface area contributed by atoms with Crippen LogP contribution >= 0.6 is 0 Å². The zero-order chi connectivity index (χ0) is 16.1. The van der Waals surface area contributed by atoms with Crippen LogP contribution in [0.15, 0.2) is 31.0 Å². The molecule has 6 rings (SSSR count). The van der Waals surface area contributed by atoms with E-state index in [4.69, 9.17) is 0 Å². The molecule has 0 unspecified atom stereocenters. The first kappa shape index (κ1) is 14.2. The first-order valence-electron chi connectivity index (χ1n) is 9.01. The van der Waals surface area contributed by atoms with E-state index in [0.29, 0.717) is 23.6 Å². The highest BCUT2D eigenvalue weighted by Crippen LogP contribution is 2.53. The van der Waals surface area contributed by atoms with Crippen molar-refractivity contribution in [3.05, 3.63) is 36.7 Å². The molecule has 0 radical (unpaired) electrons. The monoisotopic (exact) mass is 322 g/mol. The Morgan fingerprint density at radius 3 is 2.33 bits per heavy atom. The second-order valence-electron chi connectivity index (χ2n) is 7.86. The van der Waals surface area contributed by atoms with Crippen LogP contribution in [0, 0.1) is 23.7 Å². The molecule has 2 N–H and O–H groups in total. The van der Waals surface area contributed by atoms with Gasteiger partial charge in [0.25, 0.3) is 5.91 Å². The number of aromatic amines is 1. The Morgan fingerprint density at radius 1 is 1.00 bits per heavy atom. The summed E-state index contributed by atoms with van der Waals surface area (Å²) >= 11 is 0. The van der Waals surface area contributed by atoms with Gasteiger partial charge >= 0.3 is 0 Å². The van der Waals surface area contributed by atoms with Crippen LogP contribution in [0.4, 0.5) is 0 Å². The number of nitrogens with zero attached hydrogens (tertiary/aromatic N) is 2. The lowest BCUT2D eigenvalue weighted by atomic mass is 9.54. The predicted octanol–water partition coefficient (Wildman–Crippen LogP) is 3.03. The maximum absolute atomic E-state index is 12.7. The number of hydrogen-bond acceptors (Lipinski definition) is 3. The lowest BCUT2D eigenvalue weighted by Crippen LogP contribution is -2.55. The average Bonchev–Trinajstić information content (AvgIpc) is 3.08. The van der Waals surface area contributed by atoms with Gasteiger partial charge in [0.1, 0.15) is 12.0 Å². The molecular weight excluding hydrogens is 300 g/mol. The molecule has 0 atom stereocenters. The zero-order valence-corrected chi connectivity index (χ0v) is 13.6. The highest BCUT2D eigenvalue weighted by Gasteiger charge is 2.48. The Kier molecular flexibility index (Phi) is 3.21. The molecule has 0 saturated heterocycles. The van der Waals surface area contributed by atoms with Gasteiger partial charge in [-0.1, -0.05) is 0 Å². The Hall–Kier alpha value is -2.17. The topological polar surface area (TPSA) is 70.7 Å². The van der Waals surface area contributed by atoms with Crippen molar-refractivity contribution in [1.82, 2.24) is 20.3 Å². The lowest BCUT2D eigenvalue weighted by Gasteiger charge is -2.54. The number of carbonyl (C=O) groups is 1. The molecule has 2 aromatic rings. The first-order chi connectivity index (χ1) is 11.8. The second-order valence-corrected chi connectivity index (χ2v) is 7.86. The molecule has 0 spiro atoms. The minimum Gasteiger partial charge on any atom is -0.357 e. The van der Waals surface area contributed by atoms with Gasteiger partial charge in [0.05, 0.1) is 0 Å². The highest BCUT2D eigenvalue weighted by molar-refractivity contribution is 5.94. The van der Waals surface area contributed by atoms with Crippen molar-refractivity contribution in [2.24, 2.45) is 23.7 Å². The number of aromatic nitrogens is 3. The minimum absolute atomic E-state index is 0.0237. The van der Waals surface area contributed by atoms with Crippen molar-refractivity contribution >= 4 is 5.91 Å². The van der Waals surface area contributed by atoms with Gasteiger partial charge in [0.2, 0.25) is 0 Å². The molecule has 124 valence electrons. The molecule has 5 heteroatoms. The van der Waals surface area contributed by atoms with E-state index in [0.717, 1.165) is 23.0 Å². The Balaban J connectivity index is 1.32. The fraction of sp³-hybridized carbons (Fsp3) is 0.526. The summed E-state index contributed by atoms with van der Waals surface area (Å²) in [6, 6.07) is 2.27. The zero-order valence-electron chi connectivity index (χ0n) is 13.6. The largest absolute Gasteiger partial charge is 0.357 e. The van der Waals surface area contributed by atoms with Gasteiger partial charge in [-0.05, 0) is 61.8 Å². The van der Waals surface area contributed by atoms with Gasteiger partial charge in [-0.2, -0.15) is 0 Å². The second kappa shape index (κ2) is 5.43. The maximum atomic E-state index is 12.7. The normalized spacial score (nSPS) is 33.6. The van der Waals surface area contributed by atoms with Gasteiger partial charge in [-0.3, -0.25) is 4.79 Å². The van der Waals surface area contributed by atoms with Gasteiger partial charge in [-0.15, -0.1) is 0 Å². The van der Waals surface area contributed by atoms with E-state index in [1.165, 1.54) is 38.4 Å². The summed E-state index contributed by atoms with van der Waals surface area (Å²) < 4.78 is 0. The molecule has 4 aliphatic rings. The number of carbonyl (C=O) groups excluding carboxylic acids is 1. The van der Waals surface area contributed by atoms with Crippen LogP contribution in [-0.2, 0) is 0 Å². The number of rotatable bonds is 3. The van der Waals surface area contributed by atoms with E-state index in [2.05, 4.69) is 20.3 Å². The molecule has 24 heavy (non-hydrogen) atoms. The molecule has 5 nitrogen and oxygen atoms in total.